The fourth-order valence-corrected chi connectivity index (χ4v) is 8.23. The Morgan fingerprint density at radius 1 is 1.08 bits per heavy atom. The van der Waals surface area contributed by atoms with E-state index < -0.39 is 0 Å². The van der Waals surface area contributed by atoms with Gasteiger partial charge in [0.1, 0.15) is 5.60 Å². The highest BCUT2D eigenvalue weighted by molar-refractivity contribution is 5.87. The third-order valence-corrected chi connectivity index (χ3v) is 9.10. The lowest BCUT2D eigenvalue weighted by Gasteiger charge is -2.66. The van der Waals surface area contributed by atoms with Crippen LogP contribution >= 0.6 is 0 Å². The number of fused-ring (bicyclic) bond motifs is 2. The van der Waals surface area contributed by atoms with E-state index in [1.54, 1.807) is 6.92 Å². The maximum atomic E-state index is 12.3. The van der Waals surface area contributed by atoms with Gasteiger partial charge in [0.05, 0.1) is 6.10 Å². The summed E-state index contributed by atoms with van der Waals surface area (Å²) in [6.07, 6.45) is 9.79. The lowest BCUT2D eigenvalue weighted by molar-refractivity contribution is -0.233. The summed E-state index contributed by atoms with van der Waals surface area (Å²) in [7, 11) is 0. The van der Waals surface area contributed by atoms with Gasteiger partial charge in [-0.25, -0.2) is 4.79 Å². The van der Waals surface area contributed by atoms with E-state index in [-0.39, 0.29) is 17.7 Å². The number of ether oxygens (including phenoxy) is 1. The zero-order chi connectivity index (χ0) is 17.6. The first-order valence-electron chi connectivity index (χ1n) is 10.4. The number of carbonyl (C=O) groups is 1. The molecule has 6 fully saturated rings. The molecular weight excluding hydrogens is 312 g/mol. The zero-order valence-corrected chi connectivity index (χ0v) is 15.7. The van der Waals surface area contributed by atoms with Crippen molar-refractivity contribution in [2.45, 2.75) is 76.9 Å². The standard InChI is InChI=1S/C22H32O3/c1-12(2)20(24)25-21(3)16-6-13-7-17(21)11-22(9-13,10-16)18-14-4-5-15(8-14)19(18)23/h13-19,23H,1,4-11H2,2-3H3. The number of carbonyl (C=O) groups excluding carboxylic acids is 1. The number of hydrogen-bond donors (Lipinski definition) is 1. The number of aliphatic hydroxyl groups excluding tert-OH is 1. The molecule has 0 aromatic rings. The highest BCUT2D eigenvalue weighted by Crippen LogP contribution is 2.70. The van der Waals surface area contributed by atoms with Crippen LogP contribution in [0.1, 0.15) is 65.2 Å². The van der Waals surface area contributed by atoms with Crippen LogP contribution in [0.2, 0.25) is 0 Å². The third kappa shape index (κ3) is 2.11. The van der Waals surface area contributed by atoms with Gasteiger partial charge >= 0.3 is 5.97 Å². The second-order valence-electron chi connectivity index (χ2n) is 10.4. The molecule has 0 saturated heterocycles. The second kappa shape index (κ2) is 5.12. The van der Waals surface area contributed by atoms with Crippen LogP contribution in [0.4, 0.5) is 0 Å². The van der Waals surface area contributed by atoms with E-state index in [1.165, 1.54) is 38.5 Å². The molecule has 3 heteroatoms. The van der Waals surface area contributed by atoms with E-state index in [0.717, 1.165) is 24.7 Å². The molecule has 3 nitrogen and oxygen atoms in total. The monoisotopic (exact) mass is 344 g/mol. The summed E-state index contributed by atoms with van der Waals surface area (Å²) < 4.78 is 6.07. The van der Waals surface area contributed by atoms with Gasteiger partial charge < -0.3 is 9.84 Å². The Balaban J connectivity index is 1.45. The van der Waals surface area contributed by atoms with E-state index >= 15 is 0 Å². The Morgan fingerprint density at radius 2 is 1.72 bits per heavy atom. The Morgan fingerprint density at radius 3 is 2.28 bits per heavy atom. The Kier molecular flexibility index (Phi) is 3.35. The van der Waals surface area contributed by atoms with Crippen molar-refractivity contribution in [3.05, 3.63) is 12.2 Å². The molecule has 0 spiro atoms. The lowest BCUT2D eigenvalue weighted by Crippen LogP contribution is -2.64. The Bertz CT molecular complexity index is 605. The molecule has 6 saturated carbocycles. The van der Waals surface area contributed by atoms with Crippen LogP contribution in [0.3, 0.4) is 0 Å². The van der Waals surface area contributed by atoms with Gasteiger partial charge in [0.25, 0.3) is 0 Å². The second-order valence-corrected chi connectivity index (χ2v) is 10.4. The molecule has 1 N–H and O–H groups in total. The van der Waals surface area contributed by atoms with Gasteiger partial charge in [0.15, 0.2) is 0 Å². The van der Waals surface area contributed by atoms with E-state index in [2.05, 4.69) is 13.5 Å². The molecular formula is C22H32O3. The van der Waals surface area contributed by atoms with Gasteiger partial charge in [-0.15, -0.1) is 0 Å². The molecule has 6 bridgehead atoms. The summed E-state index contributed by atoms with van der Waals surface area (Å²) in [4.78, 5) is 12.3. The van der Waals surface area contributed by atoms with Crippen molar-refractivity contribution in [2.24, 2.45) is 40.9 Å². The molecule has 6 aliphatic rings. The third-order valence-electron chi connectivity index (χ3n) is 9.10. The fraction of sp³-hybridized carbons (Fsp3) is 0.864. The molecule has 6 atom stereocenters. The van der Waals surface area contributed by atoms with Gasteiger partial charge in [0.2, 0.25) is 0 Å². The van der Waals surface area contributed by atoms with Crippen LogP contribution in [-0.4, -0.2) is 22.8 Å². The lowest BCUT2D eigenvalue weighted by atomic mass is 9.41. The summed E-state index contributed by atoms with van der Waals surface area (Å²) in [5, 5.41) is 11.0. The van der Waals surface area contributed by atoms with Crippen LogP contribution in [0, 0.1) is 40.9 Å². The quantitative estimate of drug-likeness (QED) is 0.619. The van der Waals surface area contributed by atoms with Gasteiger partial charge in [0, 0.05) is 5.57 Å². The van der Waals surface area contributed by atoms with Gasteiger partial charge in [-0.1, -0.05) is 6.58 Å². The van der Waals surface area contributed by atoms with Crippen LogP contribution in [0.15, 0.2) is 12.2 Å². The van der Waals surface area contributed by atoms with E-state index in [0.29, 0.717) is 34.7 Å². The van der Waals surface area contributed by atoms with Crippen molar-refractivity contribution in [3.8, 4) is 0 Å². The highest BCUT2D eigenvalue weighted by Gasteiger charge is 2.67. The van der Waals surface area contributed by atoms with E-state index in [4.69, 9.17) is 4.74 Å². The normalized spacial score (nSPS) is 55.6. The SMILES string of the molecule is C=C(C)C(=O)OC1(C)C2CC3CC1CC(C1C4CCC(C4)C1O)(C3)C2. The zero-order valence-electron chi connectivity index (χ0n) is 15.7. The van der Waals surface area contributed by atoms with Crippen LogP contribution in [-0.2, 0) is 9.53 Å². The van der Waals surface area contributed by atoms with E-state index in [1.807, 2.05) is 0 Å². The molecule has 6 rings (SSSR count). The fourth-order valence-electron chi connectivity index (χ4n) is 8.23. The molecule has 6 unspecified atom stereocenters. The smallest absolute Gasteiger partial charge is 0.333 e. The summed E-state index contributed by atoms with van der Waals surface area (Å²) in [6.45, 7) is 7.71. The minimum atomic E-state index is -0.320. The number of rotatable bonds is 3. The average molecular weight is 344 g/mol. The van der Waals surface area contributed by atoms with E-state index in [9.17, 15) is 9.90 Å². The summed E-state index contributed by atoms with van der Waals surface area (Å²) >= 11 is 0. The molecule has 0 radical (unpaired) electrons. The average Bonchev–Trinajstić information content (AvgIpc) is 3.13. The largest absolute Gasteiger partial charge is 0.455 e. The summed E-state index contributed by atoms with van der Waals surface area (Å²) in [5.41, 5.74) is 0.512. The van der Waals surface area contributed by atoms with Crippen molar-refractivity contribution >= 4 is 5.97 Å². The van der Waals surface area contributed by atoms with Crippen LogP contribution < -0.4 is 0 Å². The van der Waals surface area contributed by atoms with Crippen molar-refractivity contribution in [2.75, 3.05) is 0 Å². The topological polar surface area (TPSA) is 46.5 Å². The molecule has 0 aromatic heterocycles. The predicted octanol–water partition coefficient (Wildman–Crippen LogP) is 4.10. The first-order chi connectivity index (χ1) is 11.8. The van der Waals surface area contributed by atoms with Gasteiger partial charge in [-0.3, -0.25) is 0 Å². The molecule has 0 aromatic carbocycles. The molecule has 138 valence electrons. The first-order valence-corrected chi connectivity index (χ1v) is 10.4. The van der Waals surface area contributed by atoms with Crippen molar-refractivity contribution in [1.29, 1.82) is 0 Å². The first kappa shape index (κ1) is 16.4. The number of aliphatic hydroxyl groups is 1. The number of esters is 1. The van der Waals surface area contributed by atoms with Crippen LogP contribution in [0.25, 0.3) is 0 Å². The van der Waals surface area contributed by atoms with Crippen LogP contribution in [0.5, 0.6) is 0 Å². The van der Waals surface area contributed by atoms with Crippen molar-refractivity contribution in [3.63, 3.8) is 0 Å². The number of hydrogen-bond acceptors (Lipinski definition) is 3. The van der Waals surface area contributed by atoms with Crippen molar-refractivity contribution < 1.29 is 14.6 Å². The maximum Gasteiger partial charge on any atom is 0.333 e. The maximum absolute atomic E-state index is 12.3. The molecule has 0 amide bonds. The predicted molar refractivity (Wildman–Crippen MR) is 95.6 cm³/mol. The minimum Gasteiger partial charge on any atom is -0.455 e. The summed E-state index contributed by atoms with van der Waals surface area (Å²) in [6, 6.07) is 0. The highest BCUT2D eigenvalue weighted by atomic mass is 16.6. The molecule has 0 aliphatic heterocycles. The Hall–Kier alpha value is -0.830. The van der Waals surface area contributed by atoms with Gasteiger partial charge in [-0.2, -0.15) is 0 Å². The molecule has 0 heterocycles. The molecule has 25 heavy (non-hydrogen) atoms. The van der Waals surface area contributed by atoms with Crippen molar-refractivity contribution in [1.82, 2.24) is 0 Å². The summed E-state index contributed by atoms with van der Waals surface area (Å²) in [5.74, 6) is 3.32. The Labute approximate surface area is 151 Å². The molecule has 6 aliphatic carbocycles. The van der Waals surface area contributed by atoms with Gasteiger partial charge in [-0.05, 0) is 106 Å². The minimum absolute atomic E-state index is 0.0702.